The number of Topliss-reactive ketones (excluding diaryl/α,β-unsaturated/α-hetero) is 4. The van der Waals surface area contributed by atoms with Crippen molar-refractivity contribution in [2.24, 2.45) is 17.3 Å². The van der Waals surface area contributed by atoms with Crippen molar-refractivity contribution in [1.82, 2.24) is 0 Å². The first-order valence-corrected chi connectivity index (χ1v) is 21.3. The molecule has 0 unspecified atom stereocenters. The van der Waals surface area contributed by atoms with Gasteiger partial charge in [-0.3, -0.25) is 19.2 Å². The van der Waals surface area contributed by atoms with Crippen molar-refractivity contribution >= 4 is 35.1 Å². The van der Waals surface area contributed by atoms with Crippen molar-refractivity contribution in [3.05, 3.63) is 46.3 Å². The van der Waals surface area contributed by atoms with Crippen molar-refractivity contribution < 1.29 is 57.2 Å². The molecule has 0 amide bonds. The quantitative estimate of drug-likeness (QED) is 0.0795. The lowest BCUT2D eigenvalue weighted by Gasteiger charge is -2.63. The van der Waals surface area contributed by atoms with Gasteiger partial charge in [0, 0.05) is 52.5 Å². The predicted octanol–water partition coefficient (Wildman–Crippen LogP) is 6.66. The van der Waals surface area contributed by atoms with Crippen LogP contribution in [0.25, 0.3) is 0 Å². The molecule has 5 aliphatic heterocycles. The summed E-state index contributed by atoms with van der Waals surface area (Å²) in [6.07, 6.45) is 6.18. The van der Waals surface area contributed by atoms with Crippen LogP contribution in [0.3, 0.4) is 0 Å². The topological polar surface area (TPSA) is 164 Å². The summed E-state index contributed by atoms with van der Waals surface area (Å²) in [5.74, 6) is -4.45. The van der Waals surface area contributed by atoms with Gasteiger partial charge in [0.2, 0.25) is 0 Å². The second-order valence-electron chi connectivity index (χ2n) is 19.3. The van der Waals surface area contributed by atoms with Gasteiger partial charge in [0.1, 0.15) is 17.3 Å². The van der Waals surface area contributed by atoms with Crippen molar-refractivity contribution in [2.75, 3.05) is 0 Å². The molecule has 316 valence electrons. The van der Waals surface area contributed by atoms with Crippen LogP contribution in [0.4, 0.5) is 0 Å². The molecule has 0 aromatic rings. The van der Waals surface area contributed by atoms with E-state index < -0.39 is 93.7 Å². The molecule has 12 heteroatoms. The number of ketones is 4. The third-order valence-corrected chi connectivity index (χ3v) is 13.0. The Morgan fingerprint density at radius 1 is 0.724 bits per heavy atom. The maximum atomic E-state index is 15.9. The minimum Gasteiger partial charge on any atom is -0.497 e. The fraction of sp³-hybridized carbons (Fsp3) is 0.696. The summed E-state index contributed by atoms with van der Waals surface area (Å²) in [5, 5.41) is 0. The standard InChI is InChI=1S/C46H60O12/c1-11-13-15-17-27-32-35-30-29(36(49)44(38(55-44)34(30)48)21-19-24(3)39(50)57-42(5,6)7)31(28(54-35)18-16-14-12-2)46(32)26(23-53-27)33(47)37-45(56-37,41(46)52)22-20-25(4)40(51)58-43(8,9)10/h19-20,23,27-28,31-32,35,37-38H,11-18,21-22H2,1-10H3/b24-19+,25-20+/t27-,28+,31+,32+,35-,37+,38+,44-,45+,46+/m1/s1. The molecule has 3 saturated heterocycles. The van der Waals surface area contributed by atoms with Crippen molar-refractivity contribution in [1.29, 1.82) is 0 Å². The highest BCUT2D eigenvalue weighted by atomic mass is 16.6. The van der Waals surface area contributed by atoms with Gasteiger partial charge in [-0.25, -0.2) is 9.59 Å². The second-order valence-corrected chi connectivity index (χ2v) is 19.3. The summed E-state index contributed by atoms with van der Waals surface area (Å²) in [5.41, 5.74) is -5.17. The Balaban J connectivity index is 1.36. The fourth-order valence-electron chi connectivity index (χ4n) is 10.2. The molecule has 12 nitrogen and oxygen atoms in total. The fourth-order valence-corrected chi connectivity index (χ4v) is 10.2. The number of carbonyl (C=O) groups is 6. The molecule has 3 aliphatic carbocycles. The first-order valence-electron chi connectivity index (χ1n) is 21.3. The molecule has 5 heterocycles. The average molecular weight is 805 g/mol. The van der Waals surface area contributed by atoms with E-state index in [9.17, 15) is 19.2 Å². The van der Waals surface area contributed by atoms with Gasteiger partial charge in [-0.1, -0.05) is 58.1 Å². The molecular weight excluding hydrogens is 744 g/mol. The molecule has 2 bridgehead atoms. The number of rotatable bonds is 14. The highest BCUT2D eigenvalue weighted by Crippen LogP contribution is 2.71. The molecule has 0 aromatic carbocycles. The van der Waals surface area contributed by atoms with E-state index in [4.69, 9.17) is 28.4 Å². The molecule has 10 atom stereocenters. The lowest BCUT2D eigenvalue weighted by molar-refractivity contribution is -0.212. The third-order valence-electron chi connectivity index (χ3n) is 13.0. The molecule has 0 N–H and O–H groups in total. The number of esters is 2. The largest absolute Gasteiger partial charge is 0.497 e. The first kappa shape index (κ1) is 42.4. The van der Waals surface area contributed by atoms with Crippen LogP contribution in [0.1, 0.15) is 133 Å². The summed E-state index contributed by atoms with van der Waals surface area (Å²) in [4.78, 5) is 86.6. The number of unbranched alkanes of at least 4 members (excludes halogenated alkanes) is 4. The Hall–Kier alpha value is -3.74. The van der Waals surface area contributed by atoms with Gasteiger partial charge >= 0.3 is 11.9 Å². The zero-order chi connectivity index (χ0) is 42.3. The Bertz CT molecular complexity index is 1940. The van der Waals surface area contributed by atoms with Gasteiger partial charge in [-0.15, -0.1) is 0 Å². The molecule has 0 radical (unpaired) electrons. The van der Waals surface area contributed by atoms with E-state index in [2.05, 4.69) is 13.8 Å². The van der Waals surface area contributed by atoms with Crippen LogP contribution >= 0.6 is 0 Å². The molecule has 1 spiro atoms. The zero-order valence-electron chi connectivity index (χ0n) is 35.7. The minimum absolute atomic E-state index is 0.0541. The number of ether oxygens (including phenoxy) is 6. The van der Waals surface area contributed by atoms with Gasteiger partial charge in [0.25, 0.3) is 0 Å². The van der Waals surface area contributed by atoms with Crippen LogP contribution in [0.5, 0.6) is 0 Å². The van der Waals surface area contributed by atoms with E-state index in [1.807, 2.05) is 0 Å². The van der Waals surface area contributed by atoms with E-state index >= 15 is 9.59 Å². The molecule has 8 aliphatic rings. The van der Waals surface area contributed by atoms with Crippen LogP contribution in [0.2, 0.25) is 0 Å². The van der Waals surface area contributed by atoms with Crippen molar-refractivity contribution in [3.8, 4) is 0 Å². The smallest absolute Gasteiger partial charge is 0.333 e. The lowest BCUT2D eigenvalue weighted by atomic mass is 9.42. The van der Waals surface area contributed by atoms with E-state index in [1.54, 1.807) is 67.5 Å². The van der Waals surface area contributed by atoms with E-state index in [0.717, 1.165) is 38.5 Å². The third kappa shape index (κ3) is 6.69. The summed E-state index contributed by atoms with van der Waals surface area (Å²) < 4.78 is 36.8. The van der Waals surface area contributed by atoms with E-state index in [0.29, 0.717) is 12.8 Å². The molecule has 58 heavy (non-hydrogen) atoms. The Morgan fingerprint density at radius 3 is 1.79 bits per heavy atom. The Kier molecular flexibility index (Phi) is 10.8. The first-order chi connectivity index (χ1) is 27.2. The van der Waals surface area contributed by atoms with Gasteiger partial charge in [0.15, 0.2) is 46.5 Å². The van der Waals surface area contributed by atoms with E-state index in [-0.39, 0.29) is 52.3 Å². The number of hydrogen-bond donors (Lipinski definition) is 0. The summed E-state index contributed by atoms with van der Waals surface area (Å²) in [7, 11) is 0. The maximum absolute atomic E-state index is 15.9. The maximum Gasteiger partial charge on any atom is 0.333 e. The SMILES string of the molecule is CCCCC[C@@H]1O[C@@H]2C3=C(C(=O)[C@@]4(C/C=C(\C)C(=O)OC(C)(C)C)O[C@H]4C3=O)[C@H]1[C@@]13C(=O)[C@@]4(C/C=C(\C)C(=O)OC(C)(C)C)O[C@H]4C(=O)C1=CO[C@H](CCCCC)[C@@H]23. The predicted molar refractivity (Wildman–Crippen MR) is 210 cm³/mol. The van der Waals surface area contributed by atoms with Crippen LogP contribution in [-0.4, -0.2) is 88.0 Å². The summed E-state index contributed by atoms with van der Waals surface area (Å²) in [6, 6.07) is 0. The van der Waals surface area contributed by atoms with Crippen molar-refractivity contribution in [2.45, 2.75) is 186 Å². The van der Waals surface area contributed by atoms with Gasteiger partial charge in [-0.2, -0.15) is 0 Å². The molecule has 8 rings (SSSR count). The number of carbonyl (C=O) groups excluding carboxylic acids is 6. The van der Waals surface area contributed by atoms with Gasteiger partial charge < -0.3 is 28.4 Å². The summed E-state index contributed by atoms with van der Waals surface area (Å²) >= 11 is 0. The lowest BCUT2D eigenvalue weighted by Crippen LogP contribution is -2.74. The van der Waals surface area contributed by atoms with Crippen LogP contribution in [0, 0.1) is 17.3 Å². The monoisotopic (exact) mass is 804 g/mol. The molecule has 1 saturated carbocycles. The highest BCUT2D eigenvalue weighted by molar-refractivity contribution is 6.25. The number of epoxide rings is 2. The second kappa shape index (κ2) is 14.8. The van der Waals surface area contributed by atoms with Crippen LogP contribution < -0.4 is 0 Å². The van der Waals surface area contributed by atoms with Crippen molar-refractivity contribution in [3.63, 3.8) is 0 Å². The van der Waals surface area contributed by atoms with Gasteiger partial charge in [0.05, 0.1) is 23.9 Å². The molecule has 4 fully saturated rings. The normalized spacial score (nSPS) is 36.2. The molecular formula is C46H60O12. The number of hydrogen-bond acceptors (Lipinski definition) is 12. The average Bonchev–Trinajstić information content (AvgIpc) is 4.07. The van der Waals surface area contributed by atoms with Crippen LogP contribution in [-0.2, 0) is 57.2 Å². The highest BCUT2D eigenvalue weighted by Gasteiger charge is 2.85. The zero-order valence-corrected chi connectivity index (χ0v) is 35.7. The molecule has 0 aromatic heterocycles. The number of fused-ring (bicyclic) bond motifs is 3. The Morgan fingerprint density at radius 2 is 1.24 bits per heavy atom. The van der Waals surface area contributed by atoms with Gasteiger partial charge in [-0.05, 0) is 74.7 Å². The van der Waals surface area contributed by atoms with E-state index in [1.165, 1.54) is 6.26 Å². The Labute approximate surface area is 341 Å². The minimum atomic E-state index is -1.62. The van der Waals surface area contributed by atoms with Crippen LogP contribution in [0.15, 0.2) is 46.3 Å². The summed E-state index contributed by atoms with van der Waals surface area (Å²) in [6.45, 7) is 18.0.